The highest BCUT2D eigenvalue weighted by molar-refractivity contribution is 6.05. The van der Waals surface area contributed by atoms with E-state index >= 15 is 0 Å². The number of alkyl halides is 3. The smallest absolute Gasteiger partial charge is 0.433 e. The number of carbonyl (C=O) groups is 1. The van der Waals surface area contributed by atoms with Gasteiger partial charge in [0.15, 0.2) is 0 Å². The minimum Gasteiger partial charge on any atom is -0.494 e. The number of anilines is 1. The number of aryl methyl sites for hydroxylation is 2. The Morgan fingerprint density at radius 2 is 1.97 bits per heavy atom. The van der Waals surface area contributed by atoms with Gasteiger partial charge in [-0.15, -0.1) is 0 Å². The van der Waals surface area contributed by atoms with E-state index in [-0.39, 0.29) is 11.4 Å². The van der Waals surface area contributed by atoms with Crippen LogP contribution in [0.4, 0.5) is 18.9 Å². The van der Waals surface area contributed by atoms with Gasteiger partial charge in [0.2, 0.25) is 0 Å². The zero-order valence-corrected chi connectivity index (χ0v) is 17.5. The molecule has 1 aromatic carbocycles. The summed E-state index contributed by atoms with van der Waals surface area (Å²) in [5.74, 6) is -0.490. The van der Waals surface area contributed by atoms with E-state index in [2.05, 4.69) is 15.4 Å². The van der Waals surface area contributed by atoms with Crippen molar-refractivity contribution >= 4 is 22.5 Å². The molecule has 166 valence electrons. The van der Waals surface area contributed by atoms with Crippen molar-refractivity contribution in [3.8, 4) is 5.75 Å². The first kappa shape index (κ1) is 22.5. The number of amides is 1. The maximum atomic E-state index is 12.9. The van der Waals surface area contributed by atoms with E-state index in [9.17, 15) is 23.1 Å². The van der Waals surface area contributed by atoms with Crippen molar-refractivity contribution in [2.24, 2.45) is 0 Å². The van der Waals surface area contributed by atoms with E-state index in [1.165, 1.54) is 13.2 Å². The summed E-state index contributed by atoms with van der Waals surface area (Å²) >= 11 is 0. The quantitative estimate of drug-likeness (QED) is 0.605. The van der Waals surface area contributed by atoms with Crippen molar-refractivity contribution in [2.75, 3.05) is 12.4 Å². The number of ether oxygens (including phenoxy) is 1. The van der Waals surface area contributed by atoms with Crippen LogP contribution in [0.3, 0.4) is 0 Å². The zero-order valence-electron chi connectivity index (χ0n) is 17.5. The molecule has 0 fully saturated rings. The number of carbonyl (C=O) groups excluding carboxylic acids is 1. The number of benzene rings is 1. The second kappa shape index (κ2) is 8.18. The molecule has 2 N–H and O–H groups in total. The largest absolute Gasteiger partial charge is 0.494 e. The number of methoxy groups -OCH3 is 1. The van der Waals surface area contributed by atoms with Crippen LogP contribution in [-0.4, -0.2) is 38.5 Å². The molecule has 31 heavy (non-hydrogen) atoms. The Hall–Kier alpha value is -3.14. The molecule has 10 heteroatoms. The standard InChI is InChI=1S/C21H23F3N4O3/c1-12-13-10-16(26-19(29)14-6-5-7-18(25-14)21(22,23)24)17(31-4)11-15(13)27-28(12)9-8-20(2,3)30/h5-7,10-11,30H,8-9H2,1-4H3,(H,26,29). The van der Waals surface area contributed by atoms with Gasteiger partial charge < -0.3 is 15.2 Å². The number of aliphatic hydroxyl groups is 1. The van der Waals surface area contributed by atoms with Gasteiger partial charge in [0.05, 0.1) is 23.9 Å². The second-order valence-electron chi connectivity index (χ2n) is 7.80. The molecular formula is C21H23F3N4O3. The highest BCUT2D eigenvalue weighted by atomic mass is 19.4. The molecule has 2 heterocycles. The van der Waals surface area contributed by atoms with Gasteiger partial charge in [-0.2, -0.15) is 18.3 Å². The Balaban J connectivity index is 1.93. The highest BCUT2D eigenvalue weighted by Gasteiger charge is 2.33. The van der Waals surface area contributed by atoms with E-state index in [4.69, 9.17) is 4.74 Å². The van der Waals surface area contributed by atoms with E-state index < -0.39 is 23.4 Å². The maximum Gasteiger partial charge on any atom is 0.433 e. The van der Waals surface area contributed by atoms with Crippen LogP contribution in [0.2, 0.25) is 0 Å². The highest BCUT2D eigenvalue weighted by Crippen LogP contribution is 2.32. The monoisotopic (exact) mass is 436 g/mol. The summed E-state index contributed by atoms with van der Waals surface area (Å²) in [5, 5.41) is 17.8. The van der Waals surface area contributed by atoms with Crippen LogP contribution in [0.15, 0.2) is 30.3 Å². The minimum atomic E-state index is -4.65. The van der Waals surface area contributed by atoms with Crippen LogP contribution in [-0.2, 0) is 12.7 Å². The molecule has 2 aromatic heterocycles. The molecule has 0 spiro atoms. The molecule has 0 aliphatic carbocycles. The van der Waals surface area contributed by atoms with Crippen LogP contribution in [0, 0.1) is 6.92 Å². The molecule has 3 aromatic rings. The third-order valence-corrected chi connectivity index (χ3v) is 4.78. The first-order valence-electron chi connectivity index (χ1n) is 9.52. The number of hydrogen-bond acceptors (Lipinski definition) is 5. The number of pyridine rings is 1. The van der Waals surface area contributed by atoms with Gasteiger partial charge >= 0.3 is 6.18 Å². The SMILES string of the molecule is COc1cc2nn(CCC(C)(C)O)c(C)c2cc1NC(=O)c1cccc(C(F)(F)F)n1. The topological polar surface area (TPSA) is 89.3 Å². The molecule has 0 aliphatic heterocycles. The van der Waals surface area contributed by atoms with Gasteiger partial charge in [0.25, 0.3) is 5.91 Å². The average Bonchev–Trinajstić information content (AvgIpc) is 2.99. The lowest BCUT2D eigenvalue weighted by molar-refractivity contribution is -0.141. The number of nitrogens with one attached hydrogen (secondary N) is 1. The molecule has 0 aliphatic rings. The third-order valence-electron chi connectivity index (χ3n) is 4.78. The fourth-order valence-electron chi connectivity index (χ4n) is 3.05. The van der Waals surface area contributed by atoms with E-state index in [1.807, 2.05) is 6.92 Å². The Morgan fingerprint density at radius 3 is 2.58 bits per heavy atom. The van der Waals surface area contributed by atoms with E-state index in [1.54, 1.807) is 30.7 Å². The zero-order chi connectivity index (χ0) is 23.0. The van der Waals surface area contributed by atoms with Crippen molar-refractivity contribution in [3.63, 3.8) is 0 Å². The van der Waals surface area contributed by atoms with Gasteiger partial charge in [-0.05, 0) is 45.4 Å². The summed E-state index contributed by atoms with van der Waals surface area (Å²) in [6.07, 6.45) is -4.16. The third kappa shape index (κ3) is 5.13. The van der Waals surface area contributed by atoms with Gasteiger partial charge in [-0.1, -0.05) is 6.07 Å². The lowest BCUT2D eigenvalue weighted by Crippen LogP contribution is -2.21. The minimum absolute atomic E-state index is 0.282. The Labute approximate surface area is 176 Å². The molecule has 7 nitrogen and oxygen atoms in total. The number of hydrogen-bond donors (Lipinski definition) is 2. The van der Waals surface area contributed by atoms with Crippen molar-refractivity contribution in [1.82, 2.24) is 14.8 Å². The van der Waals surface area contributed by atoms with Crippen LogP contribution in [0.1, 0.15) is 42.1 Å². The molecule has 0 bridgehead atoms. The van der Waals surface area contributed by atoms with E-state index in [0.717, 1.165) is 23.2 Å². The first-order chi connectivity index (χ1) is 14.4. The summed E-state index contributed by atoms with van der Waals surface area (Å²) < 4.78 is 45.8. The fourth-order valence-corrected chi connectivity index (χ4v) is 3.05. The van der Waals surface area contributed by atoms with Crippen LogP contribution in [0.5, 0.6) is 5.75 Å². The van der Waals surface area contributed by atoms with E-state index in [0.29, 0.717) is 24.2 Å². The Kier molecular flexibility index (Phi) is 5.95. The molecule has 3 rings (SSSR count). The lowest BCUT2D eigenvalue weighted by atomic mass is 10.1. The molecule has 0 unspecified atom stereocenters. The summed E-state index contributed by atoms with van der Waals surface area (Å²) in [6.45, 7) is 5.77. The van der Waals surface area contributed by atoms with Crippen molar-refractivity contribution < 1.29 is 27.8 Å². The van der Waals surface area contributed by atoms with Gasteiger partial charge in [-0.25, -0.2) is 4.98 Å². The van der Waals surface area contributed by atoms with Gasteiger partial charge in [-0.3, -0.25) is 9.48 Å². The molecule has 0 saturated heterocycles. The molecule has 0 radical (unpaired) electrons. The number of fused-ring (bicyclic) bond motifs is 1. The Morgan fingerprint density at radius 1 is 1.26 bits per heavy atom. The van der Waals surface area contributed by atoms with Crippen molar-refractivity contribution in [3.05, 3.63) is 47.4 Å². The first-order valence-corrected chi connectivity index (χ1v) is 9.52. The van der Waals surface area contributed by atoms with Crippen molar-refractivity contribution in [1.29, 1.82) is 0 Å². The molecule has 0 saturated carbocycles. The van der Waals surface area contributed by atoms with Crippen molar-refractivity contribution in [2.45, 2.75) is 45.5 Å². The lowest BCUT2D eigenvalue weighted by Gasteiger charge is -2.17. The molecule has 1 amide bonds. The number of aromatic nitrogens is 3. The summed E-state index contributed by atoms with van der Waals surface area (Å²) in [5.41, 5.74) is -0.639. The second-order valence-corrected chi connectivity index (χ2v) is 7.80. The number of nitrogens with zero attached hydrogens (tertiary/aromatic N) is 3. The Bertz CT molecular complexity index is 1120. The maximum absolute atomic E-state index is 12.9. The number of rotatable bonds is 6. The fraction of sp³-hybridized carbons (Fsp3) is 0.381. The van der Waals surface area contributed by atoms with Crippen LogP contribution >= 0.6 is 0 Å². The molecular weight excluding hydrogens is 413 g/mol. The normalized spacial score (nSPS) is 12.3. The predicted octanol–water partition coefficient (Wildman–Crippen LogP) is 4.18. The van der Waals surface area contributed by atoms with Crippen LogP contribution < -0.4 is 10.1 Å². The van der Waals surface area contributed by atoms with Gasteiger partial charge in [0, 0.05) is 23.7 Å². The van der Waals surface area contributed by atoms with Gasteiger partial charge in [0.1, 0.15) is 17.1 Å². The summed E-state index contributed by atoms with van der Waals surface area (Å²) in [4.78, 5) is 16.0. The summed E-state index contributed by atoms with van der Waals surface area (Å²) in [7, 11) is 1.41. The predicted molar refractivity (Wildman–Crippen MR) is 109 cm³/mol. The van der Waals surface area contributed by atoms with Crippen LogP contribution in [0.25, 0.3) is 10.9 Å². The average molecular weight is 436 g/mol. The summed E-state index contributed by atoms with van der Waals surface area (Å²) in [6, 6.07) is 6.42. The molecule has 0 atom stereocenters. The number of halogens is 3.